The summed E-state index contributed by atoms with van der Waals surface area (Å²) < 4.78 is 0. The van der Waals surface area contributed by atoms with Gasteiger partial charge in [0.1, 0.15) is 0 Å². The van der Waals surface area contributed by atoms with Crippen molar-refractivity contribution in [3.05, 3.63) is 22.4 Å². The average molecular weight is 199 g/mol. The SMILES string of the molecule is CC(=O)NCCC(O)c1cccs1. The first-order valence-electron chi connectivity index (χ1n) is 4.16. The monoisotopic (exact) mass is 199 g/mol. The molecule has 13 heavy (non-hydrogen) atoms. The van der Waals surface area contributed by atoms with Gasteiger partial charge in [0.2, 0.25) is 5.91 Å². The van der Waals surface area contributed by atoms with E-state index in [9.17, 15) is 9.90 Å². The van der Waals surface area contributed by atoms with Crippen molar-refractivity contribution in [3.8, 4) is 0 Å². The molecule has 0 aliphatic heterocycles. The smallest absolute Gasteiger partial charge is 0.216 e. The highest BCUT2D eigenvalue weighted by molar-refractivity contribution is 7.10. The lowest BCUT2D eigenvalue weighted by Gasteiger charge is -2.07. The minimum absolute atomic E-state index is 0.0571. The molecule has 0 saturated heterocycles. The van der Waals surface area contributed by atoms with Crippen LogP contribution in [0.2, 0.25) is 0 Å². The van der Waals surface area contributed by atoms with Crippen molar-refractivity contribution in [2.24, 2.45) is 0 Å². The van der Waals surface area contributed by atoms with Gasteiger partial charge in [-0.3, -0.25) is 4.79 Å². The molecule has 1 aromatic rings. The lowest BCUT2D eigenvalue weighted by molar-refractivity contribution is -0.119. The second-order valence-corrected chi connectivity index (χ2v) is 3.78. The normalized spacial score (nSPS) is 12.5. The van der Waals surface area contributed by atoms with Crippen LogP contribution in [0.5, 0.6) is 0 Å². The number of amides is 1. The average Bonchev–Trinajstić information content (AvgIpc) is 2.55. The lowest BCUT2D eigenvalue weighted by atomic mass is 10.2. The Bertz CT molecular complexity index is 259. The molecule has 0 saturated carbocycles. The third-order valence-electron chi connectivity index (χ3n) is 1.66. The molecule has 0 spiro atoms. The summed E-state index contributed by atoms with van der Waals surface area (Å²) in [5.74, 6) is -0.0571. The first kappa shape index (κ1) is 10.2. The Morgan fingerprint density at radius 3 is 3.08 bits per heavy atom. The van der Waals surface area contributed by atoms with E-state index in [1.807, 2.05) is 17.5 Å². The number of carbonyl (C=O) groups is 1. The highest BCUT2D eigenvalue weighted by Crippen LogP contribution is 2.20. The molecule has 0 aliphatic rings. The minimum Gasteiger partial charge on any atom is -0.388 e. The molecule has 0 fully saturated rings. The minimum atomic E-state index is -0.452. The van der Waals surface area contributed by atoms with E-state index in [0.717, 1.165) is 4.88 Å². The van der Waals surface area contributed by atoms with Gasteiger partial charge < -0.3 is 10.4 Å². The Morgan fingerprint density at radius 1 is 1.77 bits per heavy atom. The van der Waals surface area contributed by atoms with Crippen LogP contribution >= 0.6 is 11.3 Å². The van der Waals surface area contributed by atoms with Gasteiger partial charge in [-0.05, 0) is 17.9 Å². The number of thiophene rings is 1. The molecule has 0 aliphatic carbocycles. The number of aliphatic hydroxyl groups is 1. The molecule has 1 heterocycles. The van der Waals surface area contributed by atoms with Crippen LogP contribution in [-0.2, 0) is 4.79 Å². The van der Waals surface area contributed by atoms with Crippen molar-refractivity contribution in [1.29, 1.82) is 0 Å². The first-order chi connectivity index (χ1) is 6.20. The fourth-order valence-corrected chi connectivity index (χ4v) is 1.75. The predicted molar refractivity (Wildman–Crippen MR) is 52.6 cm³/mol. The molecule has 1 atom stereocenters. The summed E-state index contributed by atoms with van der Waals surface area (Å²) >= 11 is 1.53. The second kappa shape index (κ2) is 4.99. The van der Waals surface area contributed by atoms with E-state index in [-0.39, 0.29) is 5.91 Å². The molecule has 3 nitrogen and oxygen atoms in total. The standard InChI is InChI=1S/C9H13NO2S/c1-7(11)10-5-4-8(12)9-3-2-6-13-9/h2-3,6,8,12H,4-5H2,1H3,(H,10,11). The Kier molecular flexibility index (Phi) is 3.92. The molecule has 1 amide bonds. The highest BCUT2D eigenvalue weighted by Gasteiger charge is 2.07. The maximum atomic E-state index is 10.5. The van der Waals surface area contributed by atoms with E-state index >= 15 is 0 Å². The Morgan fingerprint density at radius 2 is 2.54 bits per heavy atom. The molecule has 2 N–H and O–H groups in total. The maximum Gasteiger partial charge on any atom is 0.216 e. The van der Waals surface area contributed by atoms with Crippen molar-refractivity contribution in [2.45, 2.75) is 19.4 Å². The van der Waals surface area contributed by atoms with Crippen LogP contribution in [0.25, 0.3) is 0 Å². The summed E-state index contributed by atoms with van der Waals surface area (Å²) in [4.78, 5) is 11.5. The predicted octanol–water partition coefficient (Wildman–Crippen LogP) is 1.31. The van der Waals surface area contributed by atoms with Gasteiger partial charge in [0.25, 0.3) is 0 Å². The number of rotatable bonds is 4. The topological polar surface area (TPSA) is 49.3 Å². The van der Waals surface area contributed by atoms with Gasteiger partial charge in [-0.1, -0.05) is 6.07 Å². The Hall–Kier alpha value is -0.870. The molecule has 1 rings (SSSR count). The summed E-state index contributed by atoms with van der Waals surface area (Å²) in [6.07, 6.45) is 0.118. The summed E-state index contributed by atoms with van der Waals surface area (Å²) in [5, 5.41) is 14.2. The number of nitrogens with one attached hydrogen (secondary N) is 1. The quantitative estimate of drug-likeness (QED) is 0.768. The van der Waals surface area contributed by atoms with E-state index in [4.69, 9.17) is 0 Å². The van der Waals surface area contributed by atoms with Gasteiger partial charge in [-0.15, -0.1) is 11.3 Å². The summed E-state index contributed by atoms with van der Waals surface area (Å²) in [6, 6.07) is 3.80. The summed E-state index contributed by atoms with van der Waals surface area (Å²) in [5.41, 5.74) is 0. The molecular formula is C9H13NO2S. The van der Waals surface area contributed by atoms with Crippen molar-refractivity contribution in [1.82, 2.24) is 5.32 Å². The number of hydrogen-bond acceptors (Lipinski definition) is 3. The molecule has 1 aromatic heterocycles. The fraction of sp³-hybridized carbons (Fsp3) is 0.444. The van der Waals surface area contributed by atoms with Gasteiger partial charge in [-0.2, -0.15) is 0 Å². The molecule has 0 radical (unpaired) electrons. The number of aliphatic hydroxyl groups excluding tert-OH is 1. The highest BCUT2D eigenvalue weighted by atomic mass is 32.1. The van der Waals surface area contributed by atoms with E-state index in [0.29, 0.717) is 13.0 Å². The van der Waals surface area contributed by atoms with Crippen LogP contribution in [0.15, 0.2) is 17.5 Å². The van der Waals surface area contributed by atoms with Gasteiger partial charge in [0.15, 0.2) is 0 Å². The van der Waals surface area contributed by atoms with Crippen molar-refractivity contribution >= 4 is 17.2 Å². The van der Waals surface area contributed by atoms with Crippen LogP contribution in [0.4, 0.5) is 0 Å². The van der Waals surface area contributed by atoms with Crippen LogP contribution in [0.3, 0.4) is 0 Å². The molecule has 1 unspecified atom stereocenters. The molecule has 4 heteroatoms. The van der Waals surface area contributed by atoms with Crippen molar-refractivity contribution in [3.63, 3.8) is 0 Å². The Labute approximate surface area is 81.4 Å². The van der Waals surface area contributed by atoms with Gasteiger partial charge >= 0.3 is 0 Å². The van der Waals surface area contributed by atoms with Gasteiger partial charge in [0.05, 0.1) is 6.10 Å². The maximum absolute atomic E-state index is 10.5. The van der Waals surface area contributed by atoms with Crippen LogP contribution in [-0.4, -0.2) is 17.6 Å². The van der Waals surface area contributed by atoms with Crippen molar-refractivity contribution in [2.75, 3.05) is 6.54 Å². The van der Waals surface area contributed by atoms with E-state index in [2.05, 4.69) is 5.32 Å². The summed E-state index contributed by atoms with van der Waals surface area (Å²) in [6.45, 7) is 1.99. The largest absolute Gasteiger partial charge is 0.388 e. The van der Waals surface area contributed by atoms with Crippen LogP contribution < -0.4 is 5.32 Å². The van der Waals surface area contributed by atoms with E-state index in [1.54, 1.807) is 0 Å². The van der Waals surface area contributed by atoms with Crippen LogP contribution in [0.1, 0.15) is 24.3 Å². The zero-order chi connectivity index (χ0) is 9.68. The zero-order valence-electron chi connectivity index (χ0n) is 7.49. The van der Waals surface area contributed by atoms with Crippen molar-refractivity contribution < 1.29 is 9.90 Å². The van der Waals surface area contributed by atoms with E-state index in [1.165, 1.54) is 18.3 Å². The van der Waals surface area contributed by atoms with Crippen LogP contribution in [0, 0.1) is 0 Å². The van der Waals surface area contributed by atoms with Gasteiger partial charge in [-0.25, -0.2) is 0 Å². The fourth-order valence-electron chi connectivity index (χ4n) is 1.01. The first-order valence-corrected chi connectivity index (χ1v) is 5.04. The van der Waals surface area contributed by atoms with Gasteiger partial charge in [0, 0.05) is 18.3 Å². The molecular weight excluding hydrogens is 186 g/mol. The lowest BCUT2D eigenvalue weighted by Crippen LogP contribution is -2.22. The van der Waals surface area contributed by atoms with E-state index < -0.39 is 6.10 Å². The molecule has 72 valence electrons. The number of carbonyl (C=O) groups excluding carboxylic acids is 1. The third-order valence-corrected chi connectivity index (χ3v) is 2.64. The second-order valence-electron chi connectivity index (χ2n) is 2.80. The Balaban J connectivity index is 2.26. The summed E-state index contributed by atoms with van der Waals surface area (Å²) in [7, 11) is 0. The number of hydrogen-bond donors (Lipinski definition) is 2. The third kappa shape index (κ3) is 3.57. The molecule has 0 bridgehead atoms. The zero-order valence-corrected chi connectivity index (χ0v) is 8.30. The molecule has 0 aromatic carbocycles.